The van der Waals surface area contributed by atoms with E-state index in [4.69, 9.17) is 11.6 Å². The van der Waals surface area contributed by atoms with Crippen molar-refractivity contribution in [3.8, 4) is 0 Å². The Hall–Kier alpha value is -1.16. The summed E-state index contributed by atoms with van der Waals surface area (Å²) in [5, 5.41) is 0.572. The molecule has 108 valence electrons. The Morgan fingerprint density at radius 1 is 1.25 bits per heavy atom. The number of likely N-dealkylation sites (tertiary alicyclic amines) is 1. The first-order valence-electron chi connectivity index (χ1n) is 6.83. The van der Waals surface area contributed by atoms with Crippen LogP contribution in [0.4, 0.5) is 8.78 Å². The predicted octanol–water partition coefficient (Wildman–Crippen LogP) is 3.53. The van der Waals surface area contributed by atoms with Crippen LogP contribution in [0.25, 0.3) is 0 Å². The van der Waals surface area contributed by atoms with E-state index in [1.165, 1.54) is 0 Å². The maximum Gasteiger partial charge on any atom is 0.254 e. The van der Waals surface area contributed by atoms with E-state index in [1.807, 2.05) is 18.2 Å². The highest BCUT2D eigenvalue weighted by Crippen LogP contribution is 2.65. The number of halogens is 3. The van der Waals surface area contributed by atoms with Crippen LogP contribution in [0.1, 0.15) is 24.8 Å². The van der Waals surface area contributed by atoms with Crippen molar-refractivity contribution in [2.24, 2.45) is 5.41 Å². The van der Waals surface area contributed by atoms with Gasteiger partial charge in [-0.1, -0.05) is 29.8 Å². The van der Waals surface area contributed by atoms with Gasteiger partial charge in [0.25, 0.3) is 5.92 Å². The molecule has 0 aromatic heterocycles. The number of hydrogen-bond acceptors (Lipinski definition) is 1. The van der Waals surface area contributed by atoms with Gasteiger partial charge in [-0.2, -0.15) is 0 Å². The van der Waals surface area contributed by atoms with Crippen LogP contribution >= 0.6 is 11.6 Å². The van der Waals surface area contributed by atoms with Crippen LogP contribution < -0.4 is 0 Å². The maximum absolute atomic E-state index is 13.3. The van der Waals surface area contributed by atoms with E-state index < -0.39 is 11.3 Å². The minimum atomic E-state index is -2.51. The fourth-order valence-electron chi connectivity index (χ4n) is 3.02. The van der Waals surface area contributed by atoms with Crippen LogP contribution in [0, 0.1) is 5.41 Å². The van der Waals surface area contributed by atoms with E-state index in [1.54, 1.807) is 11.0 Å². The van der Waals surface area contributed by atoms with Gasteiger partial charge in [0.15, 0.2) is 0 Å². The first-order valence-corrected chi connectivity index (χ1v) is 7.20. The van der Waals surface area contributed by atoms with Crippen molar-refractivity contribution in [2.45, 2.75) is 31.6 Å². The molecule has 1 amide bonds. The van der Waals surface area contributed by atoms with Gasteiger partial charge in [0.2, 0.25) is 5.91 Å². The monoisotopic (exact) mass is 299 g/mol. The summed E-state index contributed by atoms with van der Waals surface area (Å²) in [6, 6.07) is 7.22. The lowest BCUT2D eigenvalue weighted by Gasteiger charge is -2.32. The third-order valence-corrected chi connectivity index (χ3v) is 4.95. The molecule has 1 spiro atoms. The molecule has 0 atom stereocenters. The number of benzene rings is 1. The zero-order valence-electron chi connectivity index (χ0n) is 11.0. The van der Waals surface area contributed by atoms with Crippen molar-refractivity contribution in [2.75, 3.05) is 13.1 Å². The van der Waals surface area contributed by atoms with Crippen molar-refractivity contribution in [1.29, 1.82) is 0 Å². The molecule has 0 unspecified atom stereocenters. The molecule has 0 bridgehead atoms. The zero-order valence-corrected chi connectivity index (χ0v) is 11.8. The molecule has 2 nitrogen and oxygen atoms in total. The summed E-state index contributed by atoms with van der Waals surface area (Å²) in [5.74, 6) is -2.54. The molecular formula is C15H16ClF2NO. The summed E-state index contributed by atoms with van der Waals surface area (Å²) in [5.41, 5.74) is -0.0232. The first-order chi connectivity index (χ1) is 9.44. The number of alkyl halides is 2. The highest BCUT2D eigenvalue weighted by molar-refractivity contribution is 6.31. The topological polar surface area (TPSA) is 20.3 Å². The third-order valence-electron chi connectivity index (χ3n) is 4.58. The molecule has 5 heteroatoms. The molecule has 1 aromatic carbocycles. The molecule has 1 heterocycles. The lowest BCUT2D eigenvalue weighted by atomic mass is 9.92. The minimum Gasteiger partial charge on any atom is -0.342 e. The van der Waals surface area contributed by atoms with Gasteiger partial charge in [0, 0.05) is 29.9 Å². The second-order valence-electron chi connectivity index (χ2n) is 5.81. The first kappa shape index (κ1) is 13.8. The molecule has 1 saturated heterocycles. The summed E-state index contributed by atoms with van der Waals surface area (Å²) < 4.78 is 26.6. The van der Waals surface area contributed by atoms with Gasteiger partial charge in [0.05, 0.1) is 6.42 Å². The molecule has 1 aliphatic carbocycles. The summed E-state index contributed by atoms with van der Waals surface area (Å²) in [4.78, 5) is 13.9. The van der Waals surface area contributed by atoms with Gasteiger partial charge in [-0.3, -0.25) is 4.79 Å². The fourth-order valence-corrected chi connectivity index (χ4v) is 3.23. The van der Waals surface area contributed by atoms with Crippen molar-refractivity contribution in [1.82, 2.24) is 4.90 Å². The molecule has 0 radical (unpaired) electrons. The average Bonchev–Trinajstić information content (AvgIpc) is 2.93. The fraction of sp³-hybridized carbons (Fsp3) is 0.533. The second kappa shape index (κ2) is 4.69. The van der Waals surface area contributed by atoms with Gasteiger partial charge in [-0.05, 0) is 24.5 Å². The molecule has 0 N–H and O–H groups in total. The summed E-state index contributed by atoms with van der Waals surface area (Å²) in [6.07, 6.45) is 1.05. The molecule has 1 saturated carbocycles. The summed E-state index contributed by atoms with van der Waals surface area (Å²) >= 11 is 6.03. The maximum atomic E-state index is 13.3. The van der Waals surface area contributed by atoms with E-state index in [0.29, 0.717) is 31.0 Å². The normalized spacial score (nSPS) is 22.9. The standard InChI is InChI=1S/C15H16ClF2NO/c16-12-4-2-1-3-11(12)9-13(20)19-7-5-14(6-8-19)10-15(14,17)18/h1-4H,5-10H2. The van der Waals surface area contributed by atoms with Crippen LogP contribution in [0.2, 0.25) is 5.02 Å². The quantitative estimate of drug-likeness (QED) is 0.818. The lowest BCUT2D eigenvalue weighted by Crippen LogP contribution is -2.41. The Labute approximate surface area is 121 Å². The van der Waals surface area contributed by atoms with Gasteiger partial charge in [-0.25, -0.2) is 8.78 Å². The van der Waals surface area contributed by atoms with Crippen molar-refractivity contribution in [3.05, 3.63) is 34.9 Å². The van der Waals surface area contributed by atoms with E-state index in [9.17, 15) is 13.6 Å². The van der Waals surface area contributed by atoms with Crippen LogP contribution in [-0.2, 0) is 11.2 Å². The van der Waals surface area contributed by atoms with Gasteiger partial charge in [0.1, 0.15) is 0 Å². The van der Waals surface area contributed by atoms with Gasteiger partial charge < -0.3 is 4.90 Å². The van der Waals surface area contributed by atoms with E-state index >= 15 is 0 Å². The SMILES string of the molecule is O=C(Cc1ccccc1Cl)N1CCC2(CC1)CC2(F)F. The minimum absolute atomic E-state index is 0.00740. The van der Waals surface area contributed by atoms with E-state index in [0.717, 1.165) is 5.56 Å². The van der Waals surface area contributed by atoms with Crippen molar-refractivity contribution >= 4 is 17.5 Å². The largest absolute Gasteiger partial charge is 0.342 e. The predicted molar refractivity (Wildman–Crippen MR) is 73.0 cm³/mol. The highest BCUT2D eigenvalue weighted by Gasteiger charge is 2.70. The highest BCUT2D eigenvalue weighted by atomic mass is 35.5. The van der Waals surface area contributed by atoms with E-state index in [-0.39, 0.29) is 18.7 Å². The lowest BCUT2D eigenvalue weighted by molar-refractivity contribution is -0.132. The molecule has 3 rings (SSSR count). The Morgan fingerprint density at radius 2 is 1.85 bits per heavy atom. The van der Waals surface area contributed by atoms with Gasteiger partial charge in [-0.15, -0.1) is 0 Å². The molecule has 1 aliphatic heterocycles. The van der Waals surface area contributed by atoms with Crippen molar-refractivity contribution < 1.29 is 13.6 Å². The average molecular weight is 300 g/mol. The van der Waals surface area contributed by atoms with E-state index in [2.05, 4.69) is 0 Å². The number of hydrogen-bond donors (Lipinski definition) is 0. The Morgan fingerprint density at radius 3 is 2.40 bits per heavy atom. The van der Waals surface area contributed by atoms with Crippen LogP contribution in [0.5, 0.6) is 0 Å². The number of piperidine rings is 1. The molecule has 1 aromatic rings. The zero-order chi connectivity index (χ0) is 14.4. The Bertz CT molecular complexity index is 538. The van der Waals surface area contributed by atoms with Gasteiger partial charge >= 0.3 is 0 Å². The van der Waals surface area contributed by atoms with Crippen LogP contribution in [0.3, 0.4) is 0 Å². The smallest absolute Gasteiger partial charge is 0.254 e. The molecule has 20 heavy (non-hydrogen) atoms. The molecule has 2 fully saturated rings. The number of carbonyl (C=O) groups is 1. The summed E-state index contributed by atoms with van der Waals surface area (Å²) in [6.45, 7) is 0.859. The number of nitrogens with zero attached hydrogens (tertiary/aromatic N) is 1. The number of carbonyl (C=O) groups excluding carboxylic acids is 1. The number of rotatable bonds is 2. The third kappa shape index (κ3) is 2.30. The second-order valence-corrected chi connectivity index (χ2v) is 6.22. The Kier molecular flexibility index (Phi) is 3.24. The molecular weight excluding hydrogens is 284 g/mol. The Balaban J connectivity index is 1.59. The number of amides is 1. The molecule has 2 aliphatic rings. The summed E-state index contributed by atoms with van der Waals surface area (Å²) in [7, 11) is 0. The van der Waals surface area contributed by atoms with Crippen LogP contribution in [-0.4, -0.2) is 29.8 Å². The van der Waals surface area contributed by atoms with Crippen molar-refractivity contribution in [3.63, 3.8) is 0 Å². The van der Waals surface area contributed by atoms with Crippen LogP contribution in [0.15, 0.2) is 24.3 Å².